The molecule has 1 aromatic heterocycles. The molecule has 3 aromatic rings. The number of aryl methyl sites for hydroxylation is 1. The van der Waals surface area contributed by atoms with E-state index in [4.69, 9.17) is 9.47 Å². The molecule has 0 radical (unpaired) electrons. The Bertz CT molecular complexity index is 924. The van der Waals surface area contributed by atoms with Gasteiger partial charge in [-0.2, -0.15) is 0 Å². The van der Waals surface area contributed by atoms with Crippen molar-refractivity contribution >= 4 is 11.6 Å². The third-order valence-electron chi connectivity index (χ3n) is 3.96. The van der Waals surface area contributed by atoms with Gasteiger partial charge < -0.3 is 14.8 Å². The van der Waals surface area contributed by atoms with E-state index in [1.54, 1.807) is 44.6 Å². The highest BCUT2D eigenvalue weighted by Crippen LogP contribution is 2.25. The summed E-state index contributed by atoms with van der Waals surface area (Å²) in [6.07, 6.45) is 0. The van der Waals surface area contributed by atoms with Crippen molar-refractivity contribution in [3.63, 3.8) is 0 Å². The van der Waals surface area contributed by atoms with Gasteiger partial charge in [0.1, 0.15) is 5.75 Å². The molecule has 0 saturated heterocycles. The van der Waals surface area contributed by atoms with Crippen molar-refractivity contribution in [3.05, 3.63) is 65.7 Å². The van der Waals surface area contributed by atoms with E-state index in [2.05, 4.69) is 15.5 Å². The Hall–Kier alpha value is -3.41. The van der Waals surface area contributed by atoms with Crippen LogP contribution in [0.1, 0.15) is 15.9 Å². The Morgan fingerprint density at radius 2 is 1.81 bits per heavy atom. The van der Waals surface area contributed by atoms with Gasteiger partial charge in [-0.1, -0.05) is 18.2 Å². The Morgan fingerprint density at radius 1 is 0.962 bits per heavy atom. The zero-order chi connectivity index (χ0) is 18.5. The number of rotatable bonds is 5. The molecule has 6 heteroatoms. The molecule has 0 aliphatic carbocycles. The summed E-state index contributed by atoms with van der Waals surface area (Å²) < 4.78 is 10.2. The van der Waals surface area contributed by atoms with Crippen molar-refractivity contribution in [1.29, 1.82) is 0 Å². The summed E-state index contributed by atoms with van der Waals surface area (Å²) in [5.74, 6) is 0.883. The lowest BCUT2D eigenvalue weighted by Crippen LogP contribution is -2.13. The molecule has 0 fully saturated rings. The largest absolute Gasteiger partial charge is 0.497 e. The fourth-order valence-corrected chi connectivity index (χ4v) is 2.46. The maximum Gasteiger partial charge on any atom is 0.255 e. The number of carbonyl (C=O) groups is 1. The van der Waals surface area contributed by atoms with E-state index in [1.807, 2.05) is 31.2 Å². The number of anilines is 1. The molecule has 0 atom stereocenters. The van der Waals surface area contributed by atoms with Crippen LogP contribution in [0.3, 0.4) is 0 Å². The van der Waals surface area contributed by atoms with Gasteiger partial charge in [0.05, 0.1) is 19.9 Å². The van der Waals surface area contributed by atoms with E-state index in [9.17, 15) is 4.79 Å². The number of amides is 1. The minimum Gasteiger partial charge on any atom is -0.497 e. The lowest BCUT2D eigenvalue weighted by Gasteiger charge is -2.11. The van der Waals surface area contributed by atoms with E-state index in [0.717, 1.165) is 11.1 Å². The maximum absolute atomic E-state index is 12.6. The number of hydrogen-bond acceptors (Lipinski definition) is 5. The number of nitrogens with one attached hydrogen (secondary N) is 1. The standard InChI is InChI=1S/C20H19N3O3/c1-13-7-8-14(17-9-10-19(26-3)23-22-17)12-18(13)21-20(24)15-5-4-6-16(11-15)25-2/h4-12H,1-3H3,(H,21,24). The Morgan fingerprint density at radius 3 is 2.50 bits per heavy atom. The first-order valence-electron chi connectivity index (χ1n) is 8.05. The molecule has 0 spiro atoms. The number of benzene rings is 2. The monoisotopic (exact) mass is 349 g/mol. The molecule has 6 nitrogen and oxygen atoms in total. The van der Waals surface area contributed by atoms with Crippen LogP contribution in [0.5, 0.6) is 11.6 Å². The van der Waals surface area contributed by atoms with Crippen LogP contribution in [0.2, 0.25) is 0 Å². The van der Waals surface area contributed by atoms with Gasteiger partial charge in [0.15, 0.2) is 0 Å². The first-order chi connectivity index (χ1) is 12.6. The molecule has 1 heterocycles. The number of aromatic nitrogens is 2. The van der Waals surface area contributed by atoms with E-state index in [1.165, 1.54) is 0 Å². The lowest BCUT2D eigenvalue weighted by atomic mass is 10.1. The average Bonchev–Trinajstić information content (AvgIpc) is 2.69. The van der Waals surface area contributed by atoms with Crippen molar-refractivity contribution in [3.8, 4) is 22.9 Å². The maximum atomic E-state index is 12.6. The summed E-state index contributed by atoms with van der Waals surface area (Å²) in [5.41, 5.74) is 3.74. The Kier molecular flexibility index (Phi) is 5.12. The predicted octanol–water partition coefficient (Wildman–Crippen LogP) is 3.72. The van der Waals surface area contributed by atoms with E-state index < -0.39 is 0 Å². The second-order valence-electron chi connectivity index (χ2n) is 5.68. The highest BCUT2D eigenvalue weighted by atomic mass is 16.5. The smallest absolute Gasteiger partial charge is 0.255 e. The molecule has 0 aliphatic heterocycles. The van der Waals surface area contributed by atoms with Gasteiger partial charge in [-0.15, -0.1) is 10.2 Å². The van der Waals surface area contributed by atoms with Crippen LogP contribution in [-0.4, -0.2) is 30.3 Å². The highest BCUT2D eigenvalue weighted by molar-refractivity contribution is 6.05. The van der Waals surface area contributed by atoms with E-state index in [0.29, 0.717) is 28.6 Å². The SMILES string of the molecule is COc1cccc(C(=O)Nc2cc(-c3ccc(OC)nn3)ccc2C)c1. The van der Waals surface area contributed by atoms with Crippen LogP contribution in [0.25, 0.3) is 11.3 Å². The summed E-state index contributed by atoms with van der Waals surface area (Å²) in [4.78, 5) is 12.6. The van der Waals surface area contributed by atoms with Gasteiger partial charge in [0.25, 0.3) is 5.91 Å². The normalized spacial score (nSPS) is 10.3. The van der Waals surface area contributed by atoms with Crippen LogP contribution >= 0.6 is 0 Å². The molecule has 0 unspecified atom stereocenters. The Balaban J connectivity index is 1.86. The van der Waals surface area contributed by atoms with Gasteiger partial charge >= 0.3 is 0 Å². The summed E-state index contributed by atoms with van der Waals surface area (Å²) >= 11 is 0. The lowest BCUT2D eigenvalue weighted by molar-refractivity contribution is 0.102. The van der Waals surface area contributed by atoms with Crippen LogP contribution in [-0.2, 0) is 0 Å². The zero-order valence-electron chi connectivity index (χ0n) is 14.8. The molecule has 132 valence electrons. The third-order valence-corrected chi connectivity index (χ3v) is 3.96. The first kappa shape index (κ1) is 17.4. The van der Waals surface area contributed by atoms with Crippen LogP contribution < -0.4 is 14.8 Å². The topological polar surface area (TPSA) is 73.3 Å². The van der Waals surface area contributed by atoms with Crippen LogP contribution in [0.4, 0.5) is 5.69 Å². The molecule has 1 amide bonds. The predicted molar refractivity (Wildman–Crippen MR) is 99.7 cm³/mol. The minimum atomic E-state index is -0.204. The highest BCUT2D eigenvalue weighted by Gasteiger charge is 2.11. The van der Waals surface area contributed by atoms with E-state index >= 15 is 0 Å². The third kappa shape index (κ3) is 3.80. The van der Waals surface area contributed by atoms with E-state index in [-0.39, 0.29) is 5.91 Å². The molecule has 0 saturated carbocycles. The van der Waals surface area contributed by atoms with Crippen molar-refractivity contribution in [2.24, 2.45) is 0 Å². The molecule has 26 heavy (non-hydrogen) atoms. The summed E-state index contributed by atoms with van der Waals surface area (Å²) in [5, 5.41) is 11.1. The number of ether oxygens (including phenoxy) is 2. The van der Waals surface area contributed by atoms with Crippen molar-refractivity contribution in [1.82, 2.24) is 10.2 Å². The summed E-state index contributed by atoms with van der Waals surface area (Å²) in [6.45, 7) is 1.94. The van der Waals surface area contributed by atoms with Crippen molar-refractivity contribution in [2.45, 2.75) is 6.92 Å². The second-order valence-corrected chi connectivity index (χ2v) is 5.68. The van der Waals surface area contributed by atoms with Crippen LogP contribution in [0.15, 0.2) is 54.6 Å². The molecule has 2 aromatic carbocycles. The molecule has 3 rings (SSSR count). The fraction of sp³-hybridized carbons (Fsp3) is 0.150. The summed E-state index contributed by atoms with van der Waals surface area (Å²) in [6, 6.07) is 16.3. The number of hydrogen-bond donors (Lipinski definition) is 1. The van der Waals surface area contributed by atoms with Gasteiger partial charge in [-0.05, 0) is 42.8 Å². The molecular weight excluding hydrogens is 330 g/mol. The van der Waals surface area contributed by atoms with Gasteiger partial charge in [-0.25, -0.2) is 0 Å². The average molecular weight is 349 g/mol. The van der Waals surface area contributed by atoms with Gasteiger partial charge in [0.2, 0.25) is 5.88 Å². The molecule has 1 N–H and O–H groups in total. The zero-order valence-corrected chi connectivity index (χ0v) is 14.8. The van der Waals surface area contributed by atoms with Crippen LogP contribution in [0, 0.1) is 6.92 Å². The summed E-state index contributed by atoms with van der Waals surface area (Å²) in [7, 11) is 3.11. The Labute approximate surface area is 151 Å². The minimum absolute atomic E-state index is 0.204. The molecule has 0 bridgehead atoms. The fourth-order valence-electron chi connectivity index (χ4n) is 2.46. The van der Waals surface area contributed by atoms with Crippen molar-refractivity contribution in [2.75, 3.05) is 19.5 Å². The first-order valence-corrected chi connectivity index (χ1v) is 8.05. The number of nitrogens with zero attached hydrogens (tertiary/aromatic N) is 2. The van der Waals surface area contributed by atoms with Gasteiger partial charge in [-0.3, -0.25) is 4.79 Å². The molecule has 0 aliphatic rings. The van der Waals surface area contributed by atoms with Gasteiger partial charge in [0, 0.05) is 22.9 Å². The number of carbonyl (C=O) groups excluding carboxylic acids is 1. The molecular formula is C20H19N3O3. The van der Waals surface area contributed by atoms with Crippen molar-refractivity contribution < 1.29 is 14.3 Å². The quantitative estimate of drug-likeness (QED) is 0.760. The number of methoxy groups -OCH3 is 2. The second kappa shape index (κ2) is 7.65.